The molecule has 0 bridgehead atoms. The van der Waals surface area contributed by atoms with Crippen LogP contribution in [0.2, 0.25) is 10.0 Å². The van der Waals surface area contributed by atoms with E-state index in [4.69, 9.17) is 27.9 Å². The van der Waals surface area contributed by atoms with Gasteiger partial charge < -0.3 is 4.74 Å². The highest BCUT2D eigenvalue weighted by molar-refractivity contribution is 7.15. The van der Waals surface area contributed by atoms with Crippen LogP contribution < -0.4 is 20.4 Å². The molecule has 29 heavy (non-hydrogen) atoms. The molecule has 6 nitrogen and oxygen atoms in total. The normalized spacial score (nSPS) is 11.9. The van der Waals surface area contributed by atoms with Crippen molar-refractivity contribution in [1.82, 2.24) is 14.6 Å². The minimum Gasteiger partial charge on any atom is -0.497 e. The Kier molecular flexibility index (Phi) is 5.36. The van der Waals surface area contributed by atoms with Crippen molar-refractivity contribution >= 4 is 45.6 Å². The van der Waals surface area contributed by atoms with Gasteiger partial charge in [0, 0.05) is 16.5 Å². The van der Waals surface area contributed by atoms with E-state index in [-0.39, 0.29) is 17.1 Å². The van der Waals surface area contributed by atoms with Crippen molar-refractivity contribution < 1.29 is 4.74 Å². The van der Waals surface area contributed by atoms with Crippen molar-refractivity contribution in [3.8, 4) is 5.75 Å². The minimum absolute atomic E-state index is 0.137. The molecule has 0 saturated carbocycles. The molecule has 2 aromatic heterocycles. The Morgan fingerprint density at radius 1 is 1.07 bits per heavy atom. The fraction of sp³-hybridized carbons (Fsp3) is 0.100. The van der Waals surface area contributed by atoms with E-state index in [1.165, 1.54) is 0 Å². The fourth-order valence-corrected chi connectivity index (χ4v) is 4.19. The van der Waals surface area contributed by atoms with E-state index in [0.717, 1.165) is 21.3 Å². The number of fused-ring (bicyclic) bond motifs is 1. The van der Waals surface area contributed by atoms with Gasteiger partial charge in [-0.2, -0.15) is 0 Å². The maximum absolute atomic E-state index is 12.8. The monoisotopic (exact) mass is 445 g/mol. The van der Waals surface area contributed by atoms with Gasteiger partial charge in [0.1, 0.15) is 11.4 Å². The van der Waals surface area contributed by atoms with Gasteiger partial charge in [0.25, 0.3) is 11.1 Å². The topological polar surface area (TPSA) is 73.6 Å². The smallest absolute Gasteiger partial charge is 0.283 e. The van der Waals surface area contributed by atoms with Crippen molar-refractivity contribution in [1.29, 1.82) is 0 Å². The summed E-state index contributed by atoms with van der Waals surface area (Å²) in [6.45, 7) is 0. The lowest BCUT2D eigenvalue weighted by molar-refractivity contribution is 0.415. The lowest BCUT2D eigenvalue weighted by Crippen LogP contribution is -2.33. The standard InChI is InChI=1S/C20H13Cl2N3O3S/c1-28-14-6-2-11(3-7-14)8-17-19(27)25-18(26)16(23-24-20(25)29-17)9-12-4-5-13(21)10-15(12)22/h2-8,10H,9H2,1H3/b17-8-. The first-order chi connectivity index (χ1) is 14.0. The summed E-state index contributed by atoms with van der Waals surface area (Å²) in [5, 5.41) is 8.99. The number of hydrogen-bond donors (Lipinski definition) is 0. The zero-order valence-corrected chi connectivity index (χ0v) is 17.4. The Labute approximate surface area is 178 Å². The van der Waals surface area contributed by atoms with Crippen LogP contribution in [0.15, 0.2) is 52.1 Å². The van der Waals surface area contributed by atoms with Crippen molar-refractivity contribution in [2.45, 2.75) is 6.42 Å². The highest BCUT2D eigenvalue weighted by Crippen LogP contribution is 2.22. The van der Waals surface area contributed by atoms with Crippen molar-refractivity contribution in [3.05, 3.63) is 94.6 Å². The Balaban J connectivity index is 1.78. The van der Waals surface area contributed by atoms with Crippen LogP contribution >= 0.6 is 34.5 Å². The number of benzene rings is 2. The zero-order valence-electron chi connectivity index (χ0n) is 15.1. The summed E-state index contributed by atoms with van der Waals surface area (Å²) in [5.74, 6) is 0.716. The molecule has 0 radical (unpaired) electrons. The highest BCUT2D eigenvalue weighted by atomic mass is 35.5. The predicted octanol–water partition coefficient (Wildman–Crippen LogP) is 2.97. The van der Waals surface area contributed by atoms with Gasteiger partial charge in [0.05, 0.1) is 11.6 Å². The van der Waals surface area contributed by atoms with Gasteiger partial charge in [0.2, 0.25) is 4.96 Å². The molecule has 0 amide bonds. The molecule has 4 aromatic rings. The molecular weight excluding hydrogens is 433 g/mol. The molecule has 0 saturated heterocycles. The number of ether oxygens (including phenoxy) is 1. The maximum atomic E-state index is 12.8. The summed E-state index contributed by atoms with van der Waals surface area (Å²) < 4.78 is 6.57. The second kappa shape index (κ2) is 7.94. The lowest BCUT2D eigenvalue weighted by Gasteiger charge is -2.03. The van der Waals surface area contributed by atoms with Gasteiger partial charge in [-0.05, 0) is 41.5 Å². The molecule has 0 aliphatic heterocycles. The van der Waals surface area contributed by atoms with Gasteiger partial charge in [0.15, 0.2) is 0 Å². The second-order valence-corrected chi connectivity index (χ2v) is 8.02. The minimum atomic E-state index is -0.503. The molecule has 2 heterocycles. The van der Waals surface area contributed by atoms with Crippen LogP contribution in [0.3, 0.4) is 0 Å². The number of hydrogen-bond acceptors (Lipinski definition) is 6. The SMILES string of the molecule is COc1ccc(/C=c2\sc3nnc(Cc4ccc(Cl)cc4Cl)c(=O)n3c2=O)cc1. The first-order valence-electron chi connectivity index (χ1n) is 8.47. The van der Waals surface area contributed by atoms with E-state index >= 15 is 0 Å². The van der Waals surface area contributed by atoms with E-state index in [1.54, 1.807) is 43.5 Å². The van der Waals surface area contributed by atoms with E-state index in [1.807, 2.05) is 12.1 Å². The number of nitrogens with zero attached hydrogens (tertiary/aromatic N) is 3. The number of thiazole rings is 1. The van der Waals surface area contributed by atoms with E-state index in [2.05, 4.69) is 10.2 Å². The molecule has 0 N–H and O–H groups in total. The second-order valence-electron chi connectivity index (χ2n) is 6.17. The summed E-state index contributed by atoms with van der Waals surface area (Å²) in [5.41, 5.74) is 0.692. The van der Waals surface area contributed by atoms with Crippen LogP contribution in [-0.2, 0) is 6.42 Å². The third-order valence-corrected chi connectivity index (χ3v) is 5.85. The third kappa shape index (κ3) is 3.89. The maximum Gasteiger partial charge on any atom is 0.283 e. The first-order valence-corrected chi connectivity index (χ1v) is 10.0. The first kappa shape index (κ1) is 19.6. The average Bonchev–Trinajstić information content (AvgIpc) is 3.02. The molecular formula is C20H13Cl2N3O3S. The zero-order chi connectivity index (χ0) is 20.5. The fourth-order valence-electron chi connectivity index (χ4n) is 2.80. The summed E-state index contributed by atoms with van der Waals surface area (Å²) in [6, 6.07) is 12.2. The van der Waals surface area contributed by atoms with Crippen molar-refractivity contribution in [2.24, 2.45) is 0 Å². The Hall–Kier alpha value is -2.74. The number of aromatic nitrogens is 3. The molecule has 0 atom stereocenters. The molecule has 9 heteroatoms. The van der Waals surface area contributed by atoms with Crippen LogP contribution in [0.4, 0.5) is 0 Å². The lowest BCUT2D eigenvalue weighted by atomic mass is 10.1. The van der Waals surface area contributed by atoms with Crippen LogP contribution in [0.5, 0.6) is 5.75 Å². The number of methoxy groups -OCH3 is 1. The largest absolute Gasteiger partial charge is 0.497 e. The average molecular weight is 446 g/mol. The molecule has 0 unspecified atom stereocenters. The van der Waals surface area contributed by atoms with Gasteiger partial charge in [-0.3, -0.25) is 9.59 Å². The van der Waals surface area contributed by atoms with Crippen LogP contribution in [0, 0.1) is 0 Å². The van der Waals surface area contributed by atoms with Gasteiger partial charge in [-0.15, -0.1) is 10.2 Å². The van der Waals surface area contributed by atoms with Gasteiger partial charge in [-0.1, -0.05) is 52.7 Å². The predicted molar refractivity (Wildman–Crippen MR) is 114 cm³/mol. The van der Waals surface area contributed by atoms with Crippen molar-refractivity contribution in [3.63, 3.8) is 0 Å². The summed E-state index contributed by atoms with van der Waals surface area (Å²) in [4.78, 5) is 25.9. The summed E-state index contributed by atoms with van der Waals surface area (Å²) in [7, 11) is 1.58. The van der Waals surface area contributed by atoms with Crippen LogP contribution in [0.1, 0.15) is 16.8 Å². The van der Waals surface area contributed by atoms with Gasteiger partial charge in [-0.25, -0.2) is 4.40 Å². The molecule has 0 spiro atoms. The Bertz CT molecular complexity index is 1380. The summed E-state index contributed by atoms with van der Waals surface area (Å²) in [6.07, 6.45) is 1.86. The van der Waals surface area contributed by atoms with Gasteiger partial charge >= 0.3 is 0 Å². The van der Waals surface area contributed by atoms with E-state index < -0.39 is 11.1 Å². The number of rotatable bonds is 4. The van der Waals surface area contributed by atoms with E-state index in [0.29, 0.717) is 25.9 Å². The third-order valence-electron chi connectivity index (χ3n) is 4.30. The molecule has 0 aliphatic rings. The molecule has 4 rings (SSSR count). The molecule has 0 fully saturated rings. The summed E-state index contributed by atoms with van der Waals surface area (Å²) >= 11 is 13.2. The quantitative estimate of drug-likeness (QED) is 0.482. The van der Waals surface area contributed by atoms with Crippen LogP contribution in [-0.4, -0.2) is 21.7 Å². The van der Waals surface area contributed by atoms with Crippen molar-refractivity contribution in [2.75, 3.05) is 7.11 Å². The molecule has 146 valence electrons. The number of halogens is 2. The molecule has 2 aromatic carbocycles. The van der Waals surface area contributed by atoms with E-state index in [9.17, 15) is 9.59 Å². The Morgan fingerprint density at radius 3 is 2.52 bits per heavy atom. The Morgan fingerprint density at radius 2 is 1.83 bits per heavy atom. The molecule has 0 aliphatic carbocycles. The van der Waals surface area contributed by atoms with Crippen LogP contribution in [0.25, 0.3) is 11.0 Å². The highest BCUT2D eigenvalue weighted by Gasteiger charge is 2.14.